The van der Waals surface area contributed by atoms with Crippen molar-refractivity contribution in [1.82, 2.24) is 9.88 Å². The lowest BCUT2D eigenvalue weighted by Gasteiger charge is -2.32. The fraction of sp³-hybridized carbons (Fsp3) is 0.524. The van der Waals surface area contributed by atoms with Gasteiger partial charge in [0, 0.05) is 51.0 Å². The van der Waals surface area contributed by atoms with Crippen LogP contribution in [0.3, 0.4) is 0 Å². The van der Waals surface area contributed by atoms with Crippen molar-refractivity contribution in [2.75, 3.05) is 49.8 Å². The number of hydrogen-bond donors (Lipinski definition) is 1. The molecule has 30 heavy (non-hydrogen) atoms. The summed E-state index contributed by atoms with van der Waals surface area (Å²) < 4.78 is 30.1. The monoisotopic (exact) mass is 433 g/mol. The molecule has 0 saturated carbocycles. The van der Waals surface area contributed by atoms with Crippen molar-refractivity contribution < 1.29 is 17.9 Å². The average Bonchev–Trinajstić information content (AvgIpc) is 2.73. The molecular formula is C21H27N3O5S. The molecule has 1 saturated heterocycles. The number of nitrogens with zero attached hydrogens (tertiary/aromatic N) is 2. The maximum Gasteiger partial charge on any atom is 0.264 e. The van der Waals surface area contributed by atoms with Gasteiger partial charge in [-0.25, -0.2) is 8.42 Å². The normalized spacial score (nSPS) is 17.3. The molecule has 8 nitrogen and oxygen atoms in total. The van der Waals surface area contributed by atoms with Crippen molar-refractivity contribution in [1.29, 1.82) is 0 Å². The van der Waals surface area contributed by atoms with Crippen LogP contribution < -0.4 is 15.8 Å². The number of carbonyl (C=O) groups is 1. The highest BCUT2D eigenvalue weighted by atomic mass is 32.2. The number of pyridine rings is 1. The van der Waals surface area contributed by atoms with E-state index in [2.05, 4.69) is 5.32 Å². The van der Waals surface area contributed by atoms with Gasteiger partial charge in [-0.2, -0.15) is 0 Å². The van der Waals surface area contributed by atoms with Crippen LogP contribution in [0.2, 0.25) is 0 Å². The number of sulfone groups is 1. The molecule has 3 heterocycles. The number of anilines is 1. The summed E-state index contributed by atoms with van der Waals surface area (Å²) in [5, 5.41) is 3.72. The fourth-order valence-corrected chi connectivity index (χ4v) is 4.74. The Morgan fingerprint density at radius 1 is 1.23 bits per heavy atom. The summed E-state index contributed by atoms with van der Waals surface area (Å²) in [6.07, 6.45) is 3.05. The zero-order chi connectivity index (χ0) is 21.3. The van der Waals surface area contributed by atoms with Crippen molar-refractivity contribution >= 4 is 32.3 Å². The molecule has 0 spiro atoms. The van der Waals surface area contributed by atoms with Crippen LogP contribution in [0.4, 0.5) is 5.69 Å². The quantitative estimate of drug-likeness (QED) is 0.731. The second kappa shape index (κ2) is 8.39. The molecule has 1 amide bonds. The third-order valence-electron chi connectivity index (χ3n) is 5.89. The minimum atomic E-state index is -3.08. The van der Waals surface area contributed by atoms with Crippen LogP contribution in [0.1, 0.15) is 23.2 Å². The predicted molar refractivity (Wildman–Crippen MR) is 116 cm³/mol. The Kier molecular flexibility index (Phi) is 5.84. The predicted octanol–water partition coefficient (Wildman–Crippen LogP) is 1.02. The highest BCUT2D eigenvalue weighted by Crippen LogP contribution is 2.29. The largest absolute Gasteiger partial charge is 0.381 e. The lowest BCUT2D eigenvalue weighted by Crippen LogP contribution is -2.41. The van der Waals surface area contributed by atoms with Crippen LogP contribution in [-0.4, -0.2) is 63.7 Å². The standard InChI is InChI=1S/C21H27N3O5S/c1-30(27,28)12-9-23-7-8-24-19-16(3-2-4-18(19)23)13-17(21(24)26)20(25)22-14-15-5-10-29-11-6-15/h2-4,13,15H,5-12,14H2,1H3,(H,22,25). The molecule has 1 fully saturated rings. The second-order valence-corrected chi connectivity index (χ2v) is 10.4. The fourth-order valence-electron chi connectivity index (χ4n) is 4.19. The van der Waals surface area contributed by atoms with Crippen molar-refractivity contribution in [3.63, 3.8) is 0 Å². The highest BCUT2D eigenvalue weighted by molar-refractivity contribution is 7.90. The van der Waals surface area contributed by atoms with Crippen molar-refractivity contribution in [2.45, 2.75) is 19.4 Å². The van der Waals surface area contributed by atoms with E-state index in [0.717, 1.165) is 29.4 Å². The summed E-state index contributed by atoms with van der Waals surface area (Å²) in [6.45, 7) is 3.27. The van der Waals surface area contributed by atoms with Crippen LogP contribution in [0.5, 0.6) is 0 Å². The average molecular weight is 434 g/mol. The van der Waals surface area contributed by atoms with E-state index < -0.39 is 9.84 Å². The van der Waals surface area contributed by atoms with E-state index in [1.807, 2.05) is 23.1 Å². The Balaban J connectivity index is 1.61. The summed E-state index contributed by atoms with van der Waals surface area (Å²) in [5.74, 6) is 0.0849. The van der Waals surface area contributed by atoms with Crippen LogP contribution in [0.25, 0.3) is 10.9 Å². The molecule has 0 bridgehead atoms. The SMILES string of the molecule is CS(=O)(=O)CCN1CCn2c(=O)c(C(=O)NCC3CCOCC3)cc3cccc1c32. The van der Waals surface area contributed by atoms with E-state index >= 15 is 0 Å². The topological polar surface area (TPSA) is 97.7 Å². The first-order chi connectivity index (χ1) is 14.3. The van der Waals surface area contributed by atoms with E-state index in [9.17, 15) is 18.0 Å². The van der Waals surface area contributed by atoms with Crippen molar-refractivity contribution in [3.8, 4) is 0 Å². The molecule has 0 aliphatic carbocycles. The number of benzene rings is 1. The van der Waals surface area contributed by atoms with Gasteiger partial charge >= 0.3 is 0 Å². The minimum Gasteiger partial charge on any atom is -0.381 e. The van der Waals surface area contributed by atoms with E-state index in [4.69, 9.17) is 4.74 Å². The number of hydrogen-bond acceptors (Lipinski definition) is 6. The number of ether oxygens (including phenoxy) is 1. The maximum absolute atomic E-state index is 13.1. The molecule has 4 rings (SSSR count). The van der Waals surface area contributed by atoms with Gasteiger partial charge in [0.2, 0.25) is 0 Å². The van der Waals surface area contributed by atoms with Gasteiger partial charge in [-0.15, -0.1) is 0 Å². The van der Waals surface area contributed by atoms with Gasteiger partial charge in [-0.1, -0.05) is 12.1 Å². The molecule has 0 unspecified atom stereocenters. The zero-order valence-corrected chi connectivity index (χ0v) is 17.9. The summed E-state index contributed by atoms with van der Waals surface area (Å²) in [4.78, 5) is 27.8. The summed E-state index contributed by atoms with van der Waals surface area (Å²) in [7, 11) is -3.08. The number of para-hydroxylation sites is 1. The Labute approximate surface area is 175 Å². The first-order valence-electron chi connectivity index (χ1n) is 10.3. The van der Waals surface area contributed by atoms with E-state index in [1.165, 1.54) is 6.26 Å². The zero-order valence-electron chi connectivity index (χ0n) is 17.1. The van der Waals surface area contributed by atoms with E-state index in [-0.39, 0.29) is 22.8 Å². The lowest BCUT2D eigenvalue weighted by molar-refractivity contribution is 0.0642. The molecule has 9 heteroatoms. The van der Waals surface area contributed by atoms with Gasteiger partial charge < -0.3 is 19.5 Å². The Morgan fingerprint density at radius 2 is 2.00 bits per heavy atom. The highest BCUT2D eigenvalue weighted by Gasteiger charge is 2.24. The number of nitrogens with one attached hydrogen (secondary N) is 1. The van der Waals surface area contributed by atoms with Crippen LogP contribution in [0, 0.1) is 5.92 Å². The van der Waals surface area contributed by atoms with E-state index in [1.54, 1.807) is 10.6 Å². The number of carbonyl (C=O) groups excluding carboxylic acids is 1. The van der Waals surface area contributed by atoms with Gasteiger partial charge in [0.1, 0.15) is 15.4 Å². The lowest BCUT2D eigenvalue weighted by atomic mass is 10.0. The maximum atomic E-state index is 13.1. The van der Waals surface area contributed by atoms with Gasteiger partial charge in [0.05, 0.1) is 17.0 Å². The Bertz CT molecular complexity index is 1120. The van der Waals surface area contributed by atoms with Gasteiger partial charge in [-0.05, 0) is 30.9 Å². The molecule has 2 aliphatic heterocycles. The first kappa shape index (κ1) is 20.9. The molecule has 2 aliphatic rings. The second-order valence-electron chi connectivity index (χ2n) is 8.11. The molecular weight excluding hydrogens is 406 g/mol. The molecule has 162 valence electrons. The number of rotatable bonds is 6. The van der Waals surface area contributed by atoms with Crippen molar-refractivity contribution in [3.05, 3.63) is 40.2 Å². The first-order valence-corrected chi connectivity index (χ1v) is 12.3. The summed E-state index contributed by atoms with van der Waals surface area (Å²) in [5.41, 5.74) is 1.43. The van der Waals surface area contributed by atoms with E-state index in [0.29, 0.717) is 45.3 Å². The van der Waals surface area contributed by atoms with Gasteiger partial charge in [-0.3, -0.25) is 9.59 Å². The number of amides is 1. The molecule has 0 atom stereocenters. The van der Waals surface area contributed by atoms with Crippen LogP contribution in [-0.2, 0) is 21.1 Å². The molecule has 1 N–H and O–H groups in total. The molecule has 2 aromatic rings. The minimum absolute atomic E-state index is 0.0559. The third kappa shape index (κ3) is 4.37. The van der Waals surface area contributed by atoms with Crippen LogP contribution >= 0.6 is 0 Å². The molecule has 0 radical (unpaired) electrons. The van der Waals surface area contributed by atoms with Crippen LogP contribution in [0.15, 0.2) is 29.1 Å². The van der Waals surface area contributed by atoms with Crippen molar-refractivity contribution in [2.24, 2.45) is 5.92 Å². The molecule has 1 aromatic heterocycles. The number of aromatic nitrogens is 1. The molecule has 1 aromatic carbocycles. The third-order valence-corrected chi connectivity index (χ3v) is 6.82. The summed E-state index contributed by atoms with van der Waals surface area (Å²) in [6, 6.07) is 7.29. The van der Waals surface area contributed by atoms with Gasteiger partial charge in [0.15, 0.2) is 0 Å². The Morgan fingerprint density at radius 3 is 2.73 bits per heavy atom. The summed E-state index contributed by atoms with van der Waals surface area (Å²) >= 11 is 0. The Hall–Kier alpha value is -2.39. The van der Waals surface area contributed by atoms with Gasteiger partial charge in [0.25, 0.3) is 11.5 Å². The smallest absolute Gasteiger partial charge is 0.264 e.